The SMILES string of the molecule is OCCCCCNC1CCCCc2ccccc21. The van der Waals surface area contributed by atoms with E-state index in [9.17, 15) is 0 Å². The highest BCUT2D eigenvalue weighted by molar-refractivity contribution is 5.31. The van der Waals surface area contributed by atoms with Crippen molar-refractivity contribution >= 4 is 0 Å². The van der Waals surface area contributed by atoms with E-state index >= 15 is 0 Å². The summed E-state index contributed by atoms with van der Waals surface area (Å²) in [7, 11) is 0. The first-order chi connectivity index (χ1) is 8.92. The molecule has 0 saturated heterocycles. The molecule has 0 amide bonds. The van der Waals surface area contributed by atoms with Crippen LogP contribution in [0.2, 0.25) is 0 Å². The summed E-state index contributed by atoms with van der Waals surface area (Å²) in [5.74, 6) is 0. The van der Waals surface area contributed by atoms with Gasteiger partial charge in [-0.1, -0.05) is 30.7 Å². The molecule has 1 aliphatic carbocycles. The Morgan fingerprint density at radius 2 is 2.00 bits per heavy atom. The zero-order chi connectivity index (χ0) is 12.6. The zero-order valence-electron chi connectivity index (χ0n) is 11.2. The van der Waals surface area contributed by atoms with E-state index in [2.05, 4.69) is 29.6 Å². The number of aliphatic hydroxyl groups is 1. The standard InChI is InChI=1S/C16H25NO/c18-13-7-1-6-12-17-16-11-5-3-9-14-8-2-4-10-15(14)16/h2,4,8,10,16-18H,1,3,5-7,9,11-13H2. The van der Waals surface area contributed by atoms with Gasteiger partial charge in [0.05, 0.1) is 0 Å². The lowest BCUT2D eigenvalue weighted by molar-refractivity contribution is 0.282. The predicted molar refractivity (Wildman–Crippen MR) is 75.7 cm³/mol. The highest BCUT2D eigenvalue weighted by Crippen LogP contribution is 2.28. The quantitative estimate of drug-likeness (QED) is 0.597. The molecule has 2 N–H and O–H groups in total. The van der Waals surface area contributed by atoms with Crippen molar-refractivity contribution in [3.63, 3.8) is 0 Å². The van der Waals surface area contributed by atoms with Crippen molar-refractivity contribution in [2.45, 2.75) is 51.0 Å². The first-order valence-electron chi connectivity index (χ1n) is 7.34. The molecule has 1 aliphatic rings. The highest BCUT2D eigenvalue weighted by Gasteiger charge is 2.17. The van der Waals surface area contributed by atoms with Crippen LogP contribution >= 0.6 is 0 Å². The van der Waals surface area contributed by atoms with E-state index in [4.69, 9.17) is 5.11 Å². The Morgan fingerprint density at radius 3 is 2.89 bits per heavy atom. The zero-order valence-corrected chi connectivity index (χ0v) is 11.2. The van der Waals surface area contributed by atoms with Gasteiger partial charge in [0.25, 0.3) is 0 Å². The molecule has 100 valence electrons. The molecular weight excluding hydrogens is 222 g/mol. The molecule has 0 aromatic heterocycles. The Balaban J connectivity index is 1.88. The van der Waals surface area contributed by atoms with Crippen molar-refractivity contribution < 1.29 is 5.11 Å². The third kappa shape index (κ3) is 3.82. The molecule has 18 heavy (non-hydrogen) atoms. The topological polar surface area (TPSA) is 32.3 Å². The summed E-state index contributed by atoms with van der Waals surface area (Å²) in [6, 6.07) is 9.41. The monoisotopic (exact) mass is 247 g/mol. The molecule has 2 heteroatoms. The Morgan fingerprint density at radius 1 is 1.11 bits per heavy atom. The number of unbranched alkanes of at least 4 members (excludes halogenated alkanes) is 2. The fraction of sp³-hybridized carbons (Fsp3) is 0.625. The Hall–Kier alpha value is -0.860. The minimum Gasteiger partial charge on any atom is -0.396 e. The first-order valence-corrected chi connectivity index (χ1v) is 7.34. The van der Waals surface area contributed by atoms with E-state index in [1.54, 1.807) is 0 Å². The van der Waals surface area contributed by atoms with Gasteiger partial charge in [-0.15, -0.1) is 0 Å². The summed E-state index contributed by atoms with van der Waals surface area (Å²) in [4.78, 5) is 0. The van der Waals surface area contributed by atoms with E-state index in [1.165, 1.54) is 43.2 Å². The fourth-order valence-electron chi connectivity index (χ4n) is 2.82. The number of fused-ring (bicyclic) bond motifs is 1. The van der Waals surface area contributed by atoms with Gasteiger partial charge < -0.3 is 10.4 Å². The van der Waals surface area contributed by atoms with Gasteiger partial charge >= 0.3 is 0 Å². The Labute approximate surface area is 110 Å². The predicted octanol–water partition coefficient (Wildman–Crippen LogP) is 3.21. The summed E-state index contributed by atoms with van der Waals surface area (Å²) < 4.78 is 0. The van der Waals surface area contributed by atoms with Gasteiger partial charge in [-0.3, -0.25) is 0 Å². The maximum Gasteiger partial charge on any atom is 0.0431 e. The maximum atomic E-state index is 8.76. The molecule has 0 radical (unpaired) electrons. The van der Waals surface area contributed by atoms with Crippen LogP contribution in [0.25, 0.3) is 0 Å². The molecular formula is C16H25NO. The van der Waals surface area contributed by atoms with Gasteiger partial charge in [-0.2, -0.15) is 0 Å². The average Bonchev–Trinajstić information content (AvgIpc) is 2.61. The van der Waals surface area contributed by atoms with Gasteiger partial charge in [0.15, 0.2) is 0 Å². The van der Waals surface area contributed by atoms with Gasteiger partial charge in [-0.25, -0.2) is 0 Å². The number of hydrogen-bond donors (Lipinski definition) is 2. The van der Waals surface area contributed by atoms with Gasteiger partial charge in [0.2, 0.25) is 0 Å². The largest absolute Gasteiger partial charge is 0.396 e. The third-order valence-electron chi connectivity index (χ3n) is 3.85. The molecule has 2 rings (SSSR count). The molecule has 1 atom stereocenters. The smallest absolute Gasteiger partial charge is 0.0431 e. The van der Waals surface area contributed by atoms with Crippen LogP contribution in [0.4, 0.5) is 0 Å². The molecule has 0 spiro atoms. The molecule has 0 aliphatic heterocycles. The third-order valence-corrected chi connectivity index (χ3v) is 3.85. The summed E-state index contributed by atoms with van der Waals surface area (Å²) >= 11 is 0. The van der Waals surface area contributed by atoms with Crippen LogP contribution in [0.15, 0.2) is 24.3 Å². The summed E-state index contributed by atoms with van der Waals surface area (Å²) in [6.45, 7) is 1.39. The van der Waals surface area contributed by atoms with Crippen LogP contribution in [0.5, 0.6) is 0 Å². The fourth-order valence-corrected chi connectivity index (χ4v) is 2.82. The molecule has 1 unspecified atom stereocenters. The van der Waals surface area contributed by atoms with Crippen LogP contribution in [0.1, 0.15) is 55.7 Å². The lowest BCUT2D eigenvalue weighted by Gasteiger charge is -2.19. The normalized spacial score (nSPS) is 19.3. The minimum absolute atomic E-state index is 0.326. The number of hydrogen-bond acceptors (Lipinski definition) is 2. The molecule has 0 heterocycles. The van der Waals surface area contributed by atoms with Crippen LogP contribution in [-0.2, 0) is 6.42 Å². The van der Waals surface area contributed by atoms with Gasteiger partial charge in [-0.05, 0) is 56.2 Å². The summed E-state index contributed by atoms with van der Waals surface area (Å²) in [6.07, 6.45) is 8.36. The Kier molecular flexibility index (Phi) is 5.69. The van der Waals surface area contributed by atoms with Crippen molar-refractivity contribution in [1.29, 1.82) is 0 Å². The molecule has 1 aromatic rings. The second kappa shape index (κ2) is 7.55. The second-order valence-corrected chi connectivity index (χ2v) is 5.24. The van der Waals surface area contributed by atoms with Crippen LogP contribution in [0.3, 0.4) is 0 Å². The second-order valence-electron chi connectivity index (χ2n) is 5.24. The highest BCUT2D eigenvalue weighted by atomic mass is 16.2. The minimum atomic E-state index is 0.326. The Bertz CT molecular complexity index is 351. The number of nitrogens with one attached hydrogen (secondary N) is 1. The maximum absolute atomic E-state index is 8.76. The van der Waals surface area contributed by atoms with E-state index in [0.29, 0.717) is 12.6 Å². The van der Waals surface area contributed by atoms with E-state index in [-0.39, 0.29) is 0 Å². The van der Waals surface area contributed by atoms with Crippen molar-refractivity contribution in [2.75, 3.05) is 13.2 Å². The van der Waals surface area contributed by atoms with E-state index in [0.717, 1.165) is 19.4 Å². The van der Waals surface area contributed by atoms with Gasteiger partial charge in [0, 0.05) is 12.6 Å². The van der Waals surface area contributed by atoms with Crippen molar-refractivity contribution in [3.8, 4) is 0 Å². The number of rotatable bonds is 6. The lowest BCUT2D eigenvalue weighted by Crippen LogP contribution is -2.22. The van der Waals surface area contributed by atoms with Crippen molar-refractivity contribution in [1.82, 2.24) is 5.32 Å². The molecule has 0 saturated carbocycles. The molecule has 2 nitrogen and oxygen atoms in total. The van der Waals surface area contributed by atoms with E-state index in [1.807, 2.05) is 0 Å². The lowest BCUT2D eigenvalue weighted by atomic mass is 9.99. The van der Waals surface area contributed by atoms with Gasteiger partial charge in [0.1, 0.15) is 0 Å². The number of aliphatic hydroxyl groups excluding tert-OH is 1. The average molecular weight is 247 g/mol. The molecule has 1 aromatic carbocycles. The van der Waals surface area contributed by atoms with Crippen molar-refractivity contribution in [2.24, 2.45) is 0 Å². The van der Waals surface area contributed by atoms with Crippen LogP contribution < -0.4 is 5.32 Å². The number of aryl methyl sites for hydroxylation is 1. The summed E-state index contributed by atoms with van der Waals surface area (Å²) in [5, 5.41) is 12.5. The summed E-state index contributed by atoms with van der Waals surface area (Å²) in [5.41, 5.74) is 3.04. The van der Waals surface area contributed by atoms with Crippen molar-refractivity contribution in [3.05, 3.63) is 35.4 Å². The van der Waals surface area contributed by atoms with E-state index < -0.39 is 0 Å². The van der Waals surface area contributed by atoms with Crippen LogP contribution in [-0.4, -0.2) is 18.3 Å². The van der Waals surface area contributed by atoms with Crippen LogP contribution in [0, 0.1) is 0 Å². The first kappa shape index (κ1) is 13.6. The molecule has 0 bridgehead atoms. The number of benzene rings is 1. The molecule has 0 fully saturated rings.